The molecule has 0 amide bonds. The molecular formula is C15H19N5O. The number of nitrogens with zero attached hydrogens (tertiary/aromatic N) is 4. The van der Waals surface area contributed by atoms with Crippen LogP contribution in [-0.2, 0) is 19.5 Å². The quantitative estimate of drug-likeness (QED) is 0.674. The van der Waals surface area contributed by atoms with Gasteiger partial charge in [0.15, 0.2) is 0 Å². The second-order valence-electron chi connectivity index (χ2n) is 4.97. The maximum Gasteiger partial charge on any atom is 0.139 e. The lowest BCUT2D eigenvalue weighted by molar-refractivity contribution is 0.315. The largest absolute Gasteiger partial charge is 0.335 e. The van der Waals surface area contributed by atoms with Crippen LogP contribution in [-0.4, -0.2) is 26.4 Å². The van der Waals surface area contributed by atoms with Crippen molar-refractivity contribution in [2.45, 2.75) is 32.9 Å². The van der Waals surface area contributed by atoms with E-state index in [0.717, 1.165) is 54.9 Å². The topological polar surface area (TPSA) is 68.8 Å². The minimum atomic E-state index is 0.774. The van der Waals surface area contributed by atoms with Gasteiger partial charge in [0.2, 0.25) is 0 Å². The van der Waals surface area contributed by atoms with Gasteiger partial charge in [0.05, 0.1) is 0 Å². The van der Waals surface area contributed by atoms with Gasteiger partial charge in [-0.25, -0.2) is 9.61 Å². The Morgan fingerprint density at radius 1 is 1.29 bits per heavy atom. The van der Waals surface area contributed by atoms with Gasteiger partial charge in [0.1, 0.15) is 16.9 Å². The Kier molecular flexibility index (Phi) is 4.25. The predicted molar refractivity (Wildman–Crippen MR) is 79.7 cm³/mol. The highest BCUT2D eigenvalue weighted by molar-refractivity contribution is 5.76. The van der Waals surface area contributed by atoms with Crippen molar-refractivity contribution in [2.75, 3.05) is 6.54 Å². The molecule has 2 heterocycles. The lowest BCUT2D eigenvalue weighted by Crippen LogP contribution is -2.17. The van der Waals surface area contributed by atoms with Crippen LogP contribution in [0.5, 0.6) is 0 Å². The molecule has 0 saturated heterocycles. The van der Waals surface area contributed by atoms with Gasteiger partial charge < -0.3 is 9.88 Å². The highest BCUT2D eigenvalue weighted by atomic mass is 16.6. The molecule has 0 aliphatic rings. The van der Waals surface area contributed by atoms with Crippen LogP contribution in [0, 0.1) is 0 Å². The molecule has 6 heteroatoms. The minimum Gasteiger partial charge on any atom is -0.335 e. The zero-order chi connectivity index (χ0) is 14.5. The summed E-state index contributed by atoms with van der Waals surface area (Å²) >= 11 is 0. The normalized spacial score (nSPS) is 11.3. The maximum atomic E-state index is 4.77. The van der Waals surface area contributed by atoms with Gasteiger partial charge in [-0.3, -0.25) is 0 Å². The third-order valence-electron chi connectivity index (χ3n) is 3.56. The summed E-state index contributed by atoms with van der Waals surface area (Å²) in [6.45, 7) is 4.84. The fourth-order valence-electron chi connectivity index (χ4n) is 2.46. The second-order valence-corrected chi connectivity index (χ2v) is 4.97. The molecule has 110 valence electrons. The first kappa shape index (κ1) is 13.8. The molecule has 2 aromatic heterocycles. The van der Waals surface area contributed by atoms with E-state index in [2.05, 4.69) is 32.1 Å². The summed E-state index contributed by atoms with van der Waals surface area (Å²) in [4.78, 5) is 4.33. The van der Waals surface area contributed by atoms with Gasteiger partial charge in [-0.1, -0.05) is 19.1 Å². The molecule has 1 aromatic carbocycles. The van der Waals surface area contributed by atoms with Gasteiger partial charge in [-0.05, 0) is 34.9 Å². The third kappa shape index (κ3) is 3.11. The van der Waals surface area contributed by atoms with Crippen LogP contribution in [0.15, 0.2) is 35.2 Å². The van der Waals surface area contributed by atoms with Crippen molar-refractivity contribution in [1.82, 2.24) is 25.2 Å². The molecule has 0 unspecified atom stereocenters. The van der Waals surface area contributed by atoms with E-state index in [4.69, 9.17) is 4.63 Å². The molecule has 0 aliphatic heterocycles. The Hall–Kier alpha value is -2.21. The van der Waals surface area contributed by atoms with E-state index >= 15 is 0 Å². The molecule has 3 rings (SSSR count). The lowest BCUT2D eigenvalue weighted by atomic mass is 10.2. The van der Waals surface area contributed by atoms with Crippen LogP contribution in [0.1, 0.15) is 24.7 Å². The third-order valence-corrected chi connectivity index (χ3v) is 3.56. The average molecular weight is 285 g/mol. The van der Waals surface area contributed by atoms with E-state index in [1.54, 1.807) is 0 Å². The SMILES string of the molecule is CCc1nccn1CCCNCc1cccc2nonc12. The number of imidazole rings is 1. The van der Waals surface area contributed by atoms with Gasteiger partial charge in [-0.2, -0.15) is 0 Å². The molecule has 6 nitrogen and oxygen atoms in total. The summed E-state index contributed by atoms with van der Waals surface area (Å²) in [7, 11) is 0. The monoisotopic (exact) mass is 285 g/mol. The number of aryl methyl sites for hydroxylation is 2. The fourth-order valence-corrected chi connectivity index (χ4v) is 2.46. The van der Waals surface area contributed by atoms with E-state index < -0.39 is 0 Å². The molecule has 3 aromatic rings. The highest BCUT2D eigenvalue weighted by Crippen LogP contribution is 2.14. The summed E-state index contributed by atoms with van der Waals surface area (Å²) in [5.41, 5.74) is 2.76. The summed E-state index contributed by atoms with van der Waals surface area (Å²) in [5.74, 6) is 1.15. The summed E-state index contributed by atoms with van der Waals surface area (Å²) in [6, 6.07) is 5.92. The molecule has 0 bridgehead atoms. The number of hydrogen-bond acceptors (Lipinski definition) is 5. The Morgan fingerprint density at radius 3 is 3.14 bits per heavy atom. The maximum absolute atomic E-state index is 4.77. The standard InChI is InChI=1S/C15H19N5O/c1-2-14-17-8-10-20(14)9-4-7-16-11-12-5-3-6-13-15(12)19-21-18-13/h3,5-6,8,10,16H,2,4,7,9,11H2,1H3. The van der Waals surface area contributed by atoms with E-state index in [1.165, 1.54) is 0 Å². The molecule has 0 radical (unpaired) electrons. The zero-order valence-electron chi connectivity index (χ0n) is 12.1. The van der Waals surface area contributed by atoms with Crippen molar-refractivity contribution in [2.24, 2.45) is 0 Å². The molecule has 0 atom stereocenters. The fraction of sp³-hybridized carbons (Fsp3) is 0.400. The van der Waals surface area contributed by atoms with E-state index in [-0.39, 0.29) is 0 Å². The molecule has 0 aliphatic carbocycles. The van der Waals surface area contributed by atoms with E-state index in [1.807, 2.05) is 30.6 Å². The summed E-state index contributed by atoms with van der Waals surface area (Å²) in [6.07, 6.45) is 5.95. The molecular weight excluding hydrogens is 266 g/mol. The Morgan fingerprint density at radius 2 is 2.24 bits per heavy atom. The molecule has 21 heavy (non-hydrogen) atoms. The van der Waals surface area contributed by atoms with Gasteiger partial charge in [0, 0.05) is 31.9 Å². The van der Waals surface area contributed by atoms with E-state index in [9.17, 15) is 0 Å². The first-order valence-corrected chi connectivity index (χ1v) is 7.29. The van der Waals surface area contributed by atoms with Crippen molar-refractivity contribution < 1.29 is 4.63 Å². The number of fused-ring (bicyclic) bond motifs is 1. The minimum absolute atomic E-state index is 0.774. The van der Waals surface area contributed by atoms with Crippen LogP contribution in [0.2, 0.25) is 0 Å². The Labute approximate surface area is 123 Å². The Bertz CT molecular complexity index is 703. The van der Waals surface area contributed by atoms with Crippen molar-refractivity contribution >= 4 is 11.0 Å². The predicted octanol–water partition coefficient (Wildman–Crippen LogP) is 2.16. The average Bonchev–Trinajstić information content (AvgIpc) is 3.15. The van der Waals surface area contributed by atoms with Gasteiger partial charge >= 0.3 is 0 Å². The number of hydrogen-bond donors (Lipinski definition) is 1. The number of benzene rings is 1. The number of rotatable bonds is 7. The second kappa shape index (κ2) is 6.49. The molecule has 0 fully saturated rings. The smallest absolute Gasteiger partial charge is 0.139 e. The molecule has 1 N–H and O–H groups in total. The van der Waals surface area contributed by atoms with Crippen molar-refractivity contribution in [3.8, 4) is 0 Å². The number of nitrogens with one attached hydrogen (secondary N) is 1. The van der Waals surface area contributed by atoms with Crippen LogP contribution in [0.3, 0.4) is 0 Å². The first-order valence-electron chi connectivity index (χ1n) is 7.29. The van der Waals surface area contributed by atoms with Gasteiger partial charge in [-0.15, -0.1) is 0 Å². The molecule has 0 saturated carbocycles. The van der Waals surface area contributed by atoms with E-state index in [0.29, 0.717) is 0 Å². The number of aromatic nitrogens is 4. The Balaban J connectivity index is 1.47. The molecule has 0 spiro atoms. The van der Waals surface area contributed by atoms with Gasteiger partial charge in [0.25, 0.3) is 0 Å². The summed E-state index contributed by atoms with van der Waals surface area (Å²) in [5, 5.41) is 11.2. The summed E-state index contributed by atoms with van der Waals surface area (Å²) < 4.78 is 6.98. The van der Waals surface area contributed by atoms with Crippen LogP contribution >= 0.6 is 0 Å². The highest BCUT2D eigenvalue weighted by Gasteiger charge is 2.05. The zero-order valence-corrected chi connectivity index (χ0v) is 12.1. The van der Waals surface area contributed by atoms with Crippen molar-refractivity contribution in [3.05, 3.63) is 42.0 Å². The van der Waals surface area contributed by atoms with Crippen LogP contribution < -0.4 is 5.32 Å². The first-order chi connectivity index (χ1) is 10.4. The lowest BCUT2D eigenvalue weighted by Gasteiger charge is -2.07. The van der Waals surface area contributed by atoms with Crippen LogP contribution in [0.4, 0.5) is 0 Å². The van der Waals surface area contributed by atoms with Crippen LogP contribution in [0.25, 0.3) is 11.0 Å². The van der Waals surface area contributed by atoms with Crippen molar-refractivity contribution in [3.63, 3.8) is 0 Å². The van der Waals surface area contributed by atoms with Crippen molar-refractivity contribution in [1.29, 1.82) is 0 Å².